The van der Waals surface area contributed by atoms with E-state index in [0.29, 0.717) is 0 Å². The summed E-state index contributed by atoms with van der Waals surface area (Å²) in [7, 11) is 0. The number of hydrogen-bond donors (Lipinski definition) is 0. The minimum atomic E-state index is 1.03. The van der Waals surface area contributed by atoms with Crippen molar-refractivity contribution < 1.29 is 0 Å². The van der Waals surface area contributed by atoms with Crippen molar-refractivity contribution in [1.82, 2.24) is 0 Å². The first-order valence-corrected chi connectivity index (χ1v) is 7.83. The van der Waals surface area contributed by atoms with E-state index in [0.717, 1.165) is 29.6 Å². The van der Waals surface area contributed by atoms with Crippen LogP contribution in [0.3, 0.4) is 0 Å². The molecule has 0 heteroatoms. The number of rotatable bonds is 0. The fraction of sp³-hybridized carbons (Fsp3) is 1.00. The van der Waals surface area contributed by atoms with Gasteiger partial charge >= 0.3 is 0 Å². The van der Waals surface area contributed by atoms with Crippen LogP contribution >= 0.6 is 0 Å². The second-order valence-corrected chi connectivity index (χ2v) is 7.07. The summed E-state index contributed by atoms with van der Waals surface area (Å²) in [5.74, 6) is 5.56. The Bertz CT molecular complexity index is 232. The maximum atomic E-state index is 2.48. The lowest BCUT2D eigenvalue weighted by atomic mass is 9.61. The van der Waals surface area contributed by atoms with Crippen LogP contribution in [-0.4, -0.2) is 0 Å². The molecule has 0 heterocycles. The third kappa shape index (κ3) is 2.17. The van der Waals surface area contributed by atoms with Gasteiger partial charge in [-0.3, -0.25) is 0 Å². The Hall–Kier alpha value is 0. The molecule has 0 saturated heterocycles. The highest BCUT2D eigenvalue weighted by Crippen LogP contribution is 2.50. The lowest BCUT2D eigenvalue weighted by molar-refractivity contribution is 0.0560. The molecular formula is C16H28. The average molecular weight is 220 g/mol. The zero-order chi connectivity index (χ0) is 11.0. The van der Waals surface area contributed by atoms with Crippen LogP contribution in [0, 0.1) is 29.6 Å². The van der Waals surface area contributed by atoms with E-state index in [2.05, 4.69) is 6.92 Å². The van der Waals surface area contributed by atoms with Gasteiger partial charge in [-0.25, -0.2) is 0 Å². The highest BCUT2D eigenvalue weighted by Gasteiger charge is 2.39. The number of fused-ring (bicyclic) bond motifs is 2. The van der Waals surface area contributed by atoms with E-state index >= 15 is 0 Å². The molecule has 0 N–H and O–H groups in total. The Kier molecular flexibility index (Phi) is 3.27. The lowest BCUT2D eigenvalue weighted by Gasteiger charge is -2.45. The van der Waals surface area contributed by atoms with Crippen LogP contribution in [0.15, 0.2) is 0 Å². The summed E-state index contributed by atoms with van der Waals surface area (Å²) in [4.78, 5) is 0. The second-order valence-electron chi connectivity index (χ2n) is 7.07. The van der Waals surface area contributed by atoms with Gasteiger partial charge < -0.3 is 0 Å². The predicted molar refractivity (Wildman–Crippen MR) is 69.3 cm³/mol. The van der Waals surface area contributed by atoms with Crippen molar-refractivity contribution in [3.63, 3.8) is 0 Å². The molecular weight excluding hydrogens is 192 g/mol. The van der Waals surface area contributed by atoms with Crippen molar-refractivity contribution in [2.24, 2.45) is 29.6 Å². The molecule has 3 rings (SSSR count). The van der Waals surface area contributed by atoms with Crippen molar-refractivity contribution in [3.8, 4) is 0 Å². The largest absolute Gasteiger partial charge is 0.0625 e. The second kappa shape index (κ2) is 4.70. The summed E-state index contributed by atoms with van der Waals surface area (Å²) >= 11 is 0. The number of hydrogen-bond acceptors (Lipinski definition) is 0. The van der Waals surface area contributed by atoms with Crippen LogP contribution in [0.4, 0.5) is 0 Å². The van der Waals surface area contributed by atoms with E-state index in [4.69, 9.17) is 0 Å². The lowest BCUT2D eigenvalue weighted by Crippen LogP contribution is -2.35. The Morgan fingerprint density at radius 2 is 1.19 bits per heavy atom. The average Bonchev–Trinajstić information content (AvgIpc) is 2.50. The van der Waals surface area contributed by atoms with Crippen LogP contribution in [-0.2, 0) is 0 Å². The fourth-order valence-electron chi connectivity index (χ4n) is 5.02. The molecule has 0 bridgehead atoms. The Balaban J connectivity index is 1.67. The van der Waals surface area contributed by atoms with Crippen molar-refractivity contribution in [3.05, 3.63) is 0 Å². The van der Waals surface area contributed by atoms with Gasteiger partial charge in [0.15, 0.2) is 0 Å². The molecule has 0 aromatic rings. The third-order valence-corrected chi connectivity index (χ3v) is 5.93. The first-order chi connectivity index (χ1) is 7.83. The van der Waals surface area contributed by atoms with Crippen molar-refractivity contribution >= 4 is 0 Å². The van der Waals surface area contributed by atoms with Gasteiger partial charge in [0.25, 0.3) is 0 Å². The van der Waals surface area contributed by atoms with Gasteiger partial charge in [-0.05, 0) is 55.3 Å². The molecule has 0 aromatic carbocycles. The van der Waals surface area contributed by atoms with E-state index in [1.807, 2.05) is 0 Å². The summed E-state index contributed by atoms with van der Waals surface area (Å²) in [6, 6.07) is 0. The van der Waals surface area contributed by atoms with Gasteiger partial charge in [0.2, 0.25) is 0 Å². The summed E-state index contributed by atoms with van der Waals surface area (Å²) in [6.07, 6.45) is 15.6. The zero-order valence-electron chi connectivity index (χ0n) is 11.0. The highest BCUT2D eigenvalue weighted by atomic mass is 14.4. The standard InChI is InChI=1S/C16H28/c1-12-7-8-15-10-13-5-3-2-4-6-14(13)11-16(15)9-12/h12-16H,2-11H2,1H3. The smallest absolute Gasteiger partial charge is 0.0380 e. The normalized spacial score (nSPS) is 48.9. The van der Waals surface area contributed by atoms with Crippen LogP contribution in [0.2, 0.25) is 0 Å². The van der Waals surface area contributed by atoms with E-state index < -0.39 is 0 Å². The summed E-state index contributed by atoms with van der Waals surface area (Å²) in [5.41, 5.74) is 0. The molecule has 3 aliphatic rings. The molecule has 5 unspecified atom stereocenters. The molecule has 16 heavy (non-hydrogen) atoms. The fourth-order valence-corrected chi connectivity index (χ4v) is 5.02. The van der Waals surface area contributed by atoms with E-state index in [1.165, 1.54) is 25.7 Å². The van der Waals surface area contributed by atoms with Gasteiger partial charge in [-0.2, -0.15) is 0 Å². The van der Waals surface area contributed by atoms with Gasteiger partial charge in [-0.15, -0.1) is 0 Å². The molecule has 0 amide bonds. The molecule has 0 spiro atoms. The first-order valence-electron chi connectivity index (χ1n) is 7.83. The van der Waals surface area contributed by atoms with Gasteiger partial charge in [0, 0.05) is 0 Å². The van der Waals surface area contributed by atoms with Crippen molar-refractivity contribution in [1.29, 1.82) is 0 Å². The van der Waals surface area contributed by atoms with Gasteiger partial charge in [-0.1, -0.05) is 45.4 Å². The molecule has 5 atom stereocenters. The Morgan fingerprint density at radius 3 is 1.94 bits per heavy atom. The Morgan fingerprint density at radius 1 is 0.562 bits per heavy atom. The molecule has 3 fully saturated rings. The summed E-state index contributed by atoms with van der Waals surface area (Å²) in [6.45, 7) is 2.48. The molecule has 0 aromatic heterocycles. The Labute approximate surface area is 101 Å². The molecule has 0 aliphatic heterocycles. The van der Waals surface area contributed by atoms with Gasteiger partial charge in [0.05, 0.1) is 0 Å². The quantitative estimate of drug-likeness (QED) is 0.537. The monoisotopic (exact) mass is 220 g/mol. The van der Waals surface area contributed by atoms with Crippen LogP contribution in [0.25, 0.3) is 0 Å². The van der Waals surface area contributed by atoms with Crippen LogP contribution in [0.1, 0.15) is 71.1 Å². The molecule has 3 aliphatic carbocycles. The molecule has 0 radical (unpaired) electrons. The van der Waals surface area contributed by atoms with Crippen LogP contribution < -0.4 is 0 Å². The van der Waals surface area contributed by atoms with E-state index in [1.54, 1.807) is 38.5 Å². The maximum Gasteiger partial charge on any atom is -0.0380 e. The van der Waals surface area contributed by atoms with E-state index in [9.17, 15) is 0 Å². The van der Waals surface area contributed by atoms with Crippen molar-refractivity contribution in [2.75, 3.05) is 0 Å². The first kappa shape index (κ1) is 11.1. The SMILES string of the molecule is CC1CCC2CC3CCCCCC3CC2C1. The van der Waals surface area contributed by atoms with E-state index in [-0.39, 0.29) is 0 Å². The summed E-state index contributed by atoms with van der Waals surface area (Å²) in [5, 5.41) is 0. The summed E-state index contributed by atoms with van der Waals surface area (Å²) < 4.78 is 0. The predicted octanol–water partition coefficient (Wildman–Crippen LogP) is 5.03. The molecule has 92 valence electrons. The van der Waals surface area contributed by atoms with Gasteiger partial charge in [0.1, 0.15) is 0 Å². The minimum Gasteiger partial charge on any atom is -0.0625 e. The van der Waals surface area contributed by atoms with Crippen molar-refractivity contribution in [2.45, 2.75) is 71.1 Å². The molecule has 0 nitrogen and oxygen atoms in total. The maximum absolute atomic E-state index is 2.48. The topological polar surface area (TPSA) is 0 Å². The highest BCUT2D eigenvalue weighted by molar-refractivity contribution is 4.90. The molecule has 3 saturated carbocycles. The van der Waals surface area contributed by atoms with Crippen LogP contribution in [0.5, 0.6) is 0 Å². The zero-order valence-corrected chi connectivity index (χ0v) is 11.0. The third-order valence-electron chi connectivity index (χ3n) is 5.93. The minimum absolute atomic E-state index is 1.03.